The molecule has 3 rings (SSSR count). The van der Waals surface area contributed by atoms with E-state index in [1.165, 1.54) is 6.07 Å². The first-order valence-electron chi connectivity index (χ1n) is 10.4. The lowest BCUT2D eigenvalue weighted by Crippen LogP contribution is -2.36. The number of rotatable bonds is 9. The molecule has 0 spiro atoms. The first kappa shape index (κ1) is 21.9. The van der Waals surface area contributed by atoms with Crippen molar-refractivity contribution in [3.63, 3.8) is 0 Å². The minimum absolute atomic E-state index is 0.168. The van der Waals surface area contributed by atoms with Gasteiger partial charge in [0.2, 0.25) is 5.91 Å². The molecule has 6 nitrogen and oxygen atoms in total. The Kier molecular flexibility index (Phi) is 7.90. The molecule has 0 aromatic heterocycles. The second-order valence-corrected chi connectivity index (χ2v) is 6.92. The fourth-order valence-corrected chi connectivity index (χ4v) is 3.41. The maximum Gasteiger partial charge on any atom is 0.224 e. The van der Waals surface area contributed by atoms with Crippen LogP contribution in [-0.2, 0) is 16.0 Å². The second kappa shape index (κ2) is 10.8. The standard InChI is InChI=1S/C23H29FN2O4/c1-3-29-21-16-20(26-11-13-28-14-12-26)22(30-4-2)15-19(21)25-23(27)10-9-17-7-5-6-8-18(17)24/h5-8,15-16H,3-4,9-14H2,1-2H3,(H,25,27). The van der Waals surface area contributed by atoms with Crippen molar-refractivity contribution in [2.24, 2.45) is 0 Å². The van der Waals surface area contributed by atoms with Crippen LogP contribution in [0, 0.1) is 5.82 Å². The molecule has 1 amide bonds. The average molecular weight is 416 g/mol. The number of nitrogens with one attached hydrogen (secondary N) is 1. The number of hydrogen-bond donors (Lipinski definition) is 1. The third-order valence-corrected chi connectivity index (χ3v) is 4.87. The van der Waals surface area contributed by atoms with Crippen molar-refractivity contribution in [3.8, 4) is 11.5 Å². The van der Waals surface area contributed by atoms with Crippen molar-refractivity contribution in [3.05, 3.63) is 47.8 Å². The van der Waals surface area contributed by atoms with Crippen LogP contribution in [0.1, 0.15) is 25.8 Å². The number of hydrogen-bond acceptors (Lipinski definition) is 5. The summed E-state index contributed by atoms with van der Waals surface area (Å²) in [4.78, 5) is 14.7. The monoisotopic (exact) mass is 416 g/mol. The summed E-state index contributed by atoms with van der Waals surface area (Å²) in [5.74, 6) is 0.767. The number of halogens is 1. The van der Waals surface area contributed by atoms with Crippen molar-refractivity contribution in [1.29, 1.82) is 0 Å². The van der Waals surface area contributed by atoms with E-state index in [9.17, 15) is 9.18 Å². The van der Waals surface area contributed by atoms with Crippen molar-refractivity contribution >= 4 is 17.3 Å². The smallest absolute Gasteiger partial charge is 0.224 e. The minimum atomic E-state index is -0.297. The third kappa shape index (κ3) is 5.63. The highest BCUT2D eigenvalue weighted by Gasteiger charge is 2.20. The molecule has 0 atom stereocenters. The lowest BCUT2D eigenvalue weighted by Gasteiger charge is -2.31. The van der Waals surface area contributed by atoms with E-state index in [1.807, 2.05) is 19.9 Å². The topological polar surface area (TPSA) is 60.0 Å². The van der Waals surface area contributed by atoms with E-state index in [-0.39, 0.29) is 18.1 Å². The van der Waals surface area contributed by atoms with E-state index in [4.69, 9.17) is 14.2 Å². The van der Waals surface area contributed by atoms with Gasteiger partial charge in [0.1, 0.15) is 17.3 Å². The Labute approximate surface area is 176 Å². The zero-order chi connectivity index (χ0) is 21.3. The van der Waals surface area contributed by atoms with Crippen LogP contribution < -0.4 is 19.7 Å². The van der Waals surface area contributed by atoms with Crippen molar-refractivity contribution in [2.45, 2.75) is 26.7 Å². The van der Waals surface area contributed by atoms with Crippen LogP contribution in [0.25, 0.3) is 0 Å². The molecule has 0 saturated carbocycles. The van der Waals surface area contributed by atoms with E-state index in [0.717, 1.165) is 18.8 Å². The van der Waals surface area contributed by atoms with Crippen molar-refractivity contribution in [1.82, 2.24) is 0 Å². The van der Waals surface area contributed by atoms with Crippen LogP contribution >= 0.6 is 0 Å². The fraction of sp³-hybridized carbons (Fsp3) is 0.435. The molecule has 1 heterocycles. The highest BCUT2D eigenvalue weighted by atomic mass is 19.1. The number of anilines is 2. The molecule has 1 aliphatic rings. The number of nitrogens with zero attached hydrogens (tertiary/aromatic N) is 1. The predicted molar refractivity (Wildman–Crippen MR) is 115 cm³/mol. The van der Waals surface area contributed by atoms with E-state index in [2.05, 4.69) is 10.2 Å². The fourth-order valence-electron chi connectivity index (χ4n) is 3.41. The SMILES string of the molecule is CCOc1cc(N2CCOCC2)c(OCC)cc1NC(=O)CCc1ccccc1F. The van der Waals surface area contributed by atoms with Gasteiger partial charge in [-0.2, -0.15) is 0 Å². The van der Waals surface area contributed by atoms with Crippen LogP contribution in [0.3, 0.4) is 0 Å². The summed E-state index contributed by atoms with van der Waals surface area (Å²) in [6.07, 6.45) is 0.494. The molecule has 0 bridgehead atoms. The van der Waals surface area contributed by atoms with Gasteiger partial charge in [0.05, 0.1) is 37.8 Å². The summed E-state index contributed by atoms with van der Waals surface area (Å²) >= 11 is 0. The van der Waals surface area contributed by atoms with Gasteiger partial charge in [0.25, 0.3) is 0 Å². The minimum Gasteiger partial charge on any atom is -0.492 e. The number of aryl methyl sites for hydroxylation is 1. The lowest BCUT2D eigenvalue weighted by molar-refractivity contribution is -0.116. The van der Waals surface area contributed by atoms with E-state index >= 15 is 0 Å². The van der Waals surface area contributed by atoms with Crippen LogP contribution in [0.15, 0.2) is 36.4 Å². The van der Waals surface area contributed by atoms with E-state index < -0.39 is 0 Å². The van der Waals surface area contributed by atoms with Crippen LogP contribution in [0.2, 0.25) is 0 Å². The average Bonchev–Trinajstić information content (AvgIpc) is 2.76. The Morgan fingerprint density at radius 3 is 2.50 bits per heavy atom. The van der Waals surface area contributed by atoms with Gasteiger partial charge in [0, 0.05) is 31.6 Å². The molecule has 0 radical (unpaired) electrons. The van der Waals surface area contributed by atoms with Gasteiger partial charge >= 0.3 is 0 Å². The zero-order valence-electron chi connectivity index (χ0n) is 17.6. The van der Waals surface area contributed by atoms with E-state index in [1.54, 1.807) is 24.3 Å². The summed E-state index contributed by atoms with van der Waals surface area (Å²) in [5.41, 5.74) is 2.00. The van der Waals surface area contributed by atoms with Crippen molar-refractivity contribution in [2.75, 3.05) is 49.7 Å². The van der Waals surface area contributed by atoms with E-state index in [0.29, 0.717) is 55.6 Å². The van der Waals surface area contributed by atoms with Gasteiger partial charge < -0.3 is 24.4 Å². The number of benzene rings is 2. The summed E-state index contributed by atoms with van der Waals surface area (Å²) in [6.45, 7) is 7.63. The summed E-state index contributed by atoms with van der Waals surface area (Å²) in [5, 5.41) is 2.90. The highest BCUT2D eigenvalue weighted by Crippen LogP contribution is 2.39. The zero-order valence-corrected chi connectivity index (χ0v) is 17.6. The Bertz CT molecular complexity index is 853. The molecule has 0 aliphatic carbocycles. The van der Waals surface area contributed by atoms with Gasteiger partial charge in [0.15, 0.2) is 0 Å². The lowest BCUT2D eigenvalue weighted by atomic mass is 10.1. The van der Waals surface area contributed by atoms with Gasteiger partial charge in [-0.1, -0.05) is 18.2 Å². The number of ether oxygens (including phenoxy) is 3. The Morgan fingerprint density at radius 2 is 1.80 bits per heavy atom. The quantitative estimate of drug-likeness (QED) is 0.669. The van der Waals surface area contributed by atoms with Crippen LogP contribution in [-0.4, -0.2) is 45.4 Å². The normalized spacial score (nSPS) is 13.8. The number of amides is 1. The second-order valence-electron chi connectivity index (χ2n) is 6.92. The van der Waals surface area contributed by atoms with Gasteiger partial charge in [-0.3, -0.25) is 4.79 Å². The van der Waals surface area contributed by atoms with Gasteiger partial charge in [-0.15, -0.1) is 0 Å². The Hall–Kier alpha value is -2.80. The molecule has 1 saturated heterocycles. The maximum atomic E-state index is 13.8. The molecule has 1 aliphatic heterocycles. The molecule has 0 unspecified atom stereocenters. The Balaban J connectivity index is 1.78. The van der Waals surface area contributed by atoms with Gasteiger partial charge in [-0.25, -0.2) is 4.39 Å². The predicted octanol–water partition coefficient (Wildman–Crippen LogP) is 4.03. The first-order chi connectivity index (χ1) is 14.6. The number of carbonyl (C=O) groups is 1. The largest absolute Gasteiger partial charge is 0.492 e. The summed E-state index contributed by atoms with van der Waals surface area (Å²) in [7, 11) is 0. The summed E-state index contributed by atoms with van der Waals surface area (Å²) in [6, 6.07) is 10.2. The third-order valence-electron chi connectivity index (χ3n) is 4.87. The molecule has 162 valence electrons. The molecular formula is C23H29FN2O4. The molecule has 2 aromatic rings. The number of morpholine rings is 1. The Morgan fingerprint density at radius 1 is 1.10 bits per heavy atom. The molecular weight excluding hydrogens is 387 g/mol. The molecule has 1 N–H and O–H groups in total. The van der Waals surface area contributed by atoms with Crippen LogP contribution in [0.5, 0.6) is 11.5 Å². The molecule has 2 aromatic carbocycles. The van der Waals surface area contributed by atoms with Gasteiger partial charge in [-0.05, 0) is 31.9 Å². The molecule has 1 fully saturated rings. The van der Waals surface area contributed by atoms with Crippen molar-refractivity contribution < 1.29 is 23.4 Å². The maximum absolute atomic E-state index is 13.8. The van der Waals surface area contributed by atoms with Crippen LogP contribution in [0.4, 0.5) is 15.8 Å². The highest BCUT2D eigenvalue weighted by molar-refractivity contribution is 5.93. The first-order valence-corrected chi connectivity index (χ1v) is 10.4. The molecule has 30 heavy (non-hydrogen) atoms. The number of carbonyl (C=O) groups excluding carboxylic acids is 1. The summed E-state index contributed by atoms with van der Waals surface area (Å²) < 4.78 is 30.9. The molecule has 7 heteroatoms.